The van der Waals surface area contributed by atoms with Crippen LogP contribution >= 0.6 is 23.2 Å². The predicted molar refractivity (Wildman–Crippen MR) is 147 cm³/mol. The van der Waals surface area contributed by atoms with Crippen LogP contribution in [0.15, 0.2) is 47.6 Å². The van der Waals surface area contributed by atoms with E-state index in [1.165, 1.54) is 0 Å². The first kappa shape index (κ1) is 25.4. The molecule has 0 saturated carbocycles. The van der Waals surface area contributed by atoms with Crippen LogP contribution in [-0.4, -0.2) is 61.6 Å². The van der Waals surface area contributed by atoms with Gasteiger partial charge in [-0.25, -0.2) is 4.99 Å². The summed E-state index contributed by atoms with van der Waals surface area (Å²) in [6, 6.07) is 11.4. The molecule has 2 aliphatic rings. The van der Waals surface area contributed by atoms with Crippen molar-refractivity contribution in [3.63, 3.8) is 0 Å². The fraction of sp³-hybridized carbons (Fsp3) is 0.357. The Morgan fingerprint density at radius 3 is 2.63 bits per heavy atom. The molecular weight excluding hydrogens is 527 g/mol. The highest BCUT2D eigenvalue weighted by Gasteiger charge is 2.44. The average molecular weight is 555 g/mol. The summed E-state index contributed by atoms with van der Waals surface area (Å²) in [6.45, 7) is 4.44. The Morgan fingerprint density at radius 1 is 1.11 bits per heavy atom. The molecule has 4 aromatic rings. The molecule has 0 aliphatic carbocycles. The fourth-order valence-corrected chi connectivity index (χ4v) is 5.78. The summed E-state index contributed by atoms with van der Waals surface area (Å²) in [5, 5.41) is 26.7. The Bertz CT molecular complexity index is 1580. The van der Waals surface area contributed by atoms with Crippen LogP contribution in [0.2, 0.25) is 10.0 Å². The minimum Gasteiger partial charge on any atom is -0.445 e. The van der Waals surface area contributed by atoms with E-state index in [0.29, 0.717) is 28.9 Å². The molecule has 2 aliphatic heterocycles. The molecule has 2 unspecified atom stereocenters. The average Bonchev–Trinajstić information content (AvgIpc) is 3.55. The summed E-state index contributed by atoms with van der Waals surface area (Å²) in [7, 11) is 1.95. The Morgan fingerprint density at radius 2 is 1.92 bits per heavy atom. The number of fused-ring (bicyclic) bond motifs is 2. The van der Waals surface area contributed by atoms with Crippen LogP contribution in [0.1, 0.15) is 28.9 Å². The number of hydrogen-bond acceptors (Lipinski definition) is 6. The van der Waals surface area contributed by atoms with Gasteiger partial charge in [-0.3, -0.25) is 4.68 Å². The monoisotopic (exact) mass is 554 g/mol. The zero-order valence-corrected chi connectivity index (χ0v) is 22.7. The number of aliphatic imine (C=N–C) groups is 1. The fourth-order valence-electron chi connectivity index (χ4n) is 5.46. The van der Waals surface area contributed by atoms with Gasteiger partial charge in [0.1, 0.15) is 6.04 Å². The summed E-state index contributed by atoms with van der Waals surface area (Å²) in [5.74, 6) is 0.414. The summed E-state index contributed by atoms with van der Waals surface area (Å²) in [6.07, 6.45) is 0.344. The van der Waals surface area contributed by atoms with Gasteiger partial charge < -0.3 is 24.3 Å². The smallest absolute Gasteiger partial charge is 0.227 e. The molecule has 38 heavy (non-hydrogen) atoms. The first-order valence-electron chi connectivity index (χ1n) is 12.5. The van der Waals surface area contributed by atoms with Crippen LogP contribution < -0.4 is 0 Å². The molecule has 2 aromatic heterocycles. The standard InChI is InChI=1S/C28H28Cl2N4O4/c1-14-25(15(2)33(3)32-14)17-5-6-19-20(27-31-26-24(36)10-18(13-35)37-28(26)38-27)12-34(23(19)9-17)11-16-4-7-21(29)22(30)8-16/h4-9,12,18,24,26,28,35-36H,10-11,13H2,1-3H3/t18?,24?,26-,28-/m1/s1. The van der Waals surface area contributed by atoms with E-state index in [-0.39, 0.29) is 6.61 Å². The number of rotatable bonds is 5. The van der Waals surface area contributed by atoms with Crippen LogP contribution in [0.25, 0.3) is 22.0 Å². The van der Waals surface area contributed by atoms with E-state index >= 15 is 0 Å². The number of aryl methyl sites for hydroxylation is 2. The van der Waals surface area contributed by atoms with Gasteiger partial charge in [0, 0.05) is 48.4 Å². The van der Waals surface area contributed by atoms with Gasteiger partial charge in [-0.1, -0.05) is 41.4 Å². The molecule has 0 radical (unpaired) electrons. The highest BCUT2D eigenvalue weighted by atomic mass is 35.5. The van der Waals surface area contributed by atoms with Gasteiger partial charge in [0.2, 0.25) is 12.2 Å². The SMILES string of the molecule is Cc1nn(C)c(C)c1-c1ccc2c(C3=N[C@@H]4C(O)CC(CO)O[C@@H]4O3)cn(Cc3ccc(Cl)c(Cl)c3)c2c1. The van der Waals surface area contributed by atoms with Gasteiger partial charge in [-0.05, 0) is 43.2 Å². The molecular formula is C28H28Cl2N4O4. The highest BCUT2D eigenvalue weighted by Crippen LogP contribution is 2.35. The first-order chi connectivity index (χ1) is 18.2. The minimum atomic E-state index is -0.754. The summed E-state index contributed by atoms with van der Waals surface area (Å²) >= 11 is 12.5. The van der Waals surface area contributed by atoms with Gasteiger partial charge in [-0.2, -0.15) is 5.10 Å². The topological polar surface area (TPSA) is 94.0 Å². The molecule has 1 fully saturated rings. The second kappa shape index (κ2) is 9.70. The van der Waals surface area contributed by atoms with E-state index in [1.807, 2.05) is 37.0 Å². The van der Waals surface area contributed by atoms with E-state index in [9.17, 15) is 10.2 Å². The van der Waals surface area contributed by atoms with Crippen LogP contribution in [0, 0.1) is 13.8 Å². The maximum absolute atomic E-state index is 10.6. The number of aromatic nitrogens is 3. The number of ether oxygens (including phenoxy) is 2. The lowest BCUT2D eigenvalue weighted by molar-refractivity contribution is -0.189. The van der Waals surface area contributed by atoms with Crippen molar-refractivity contribution in [1.29, 1.82) is 0 Å². The van der Waals surface area contributed by atoms with E-state index < -0.39 is 24.5 Å². The Hall–Kier alpha value is -2.88. The lowest BCUT2D eigenvalue weighted by Crippen LogP contribution is -2.47. The second-order valence-corrected chi connectivity index (χ2v) is 10.8. The van der Waals surface area contributed by atoms with Crippen molar-refractivity contribution < 1.29 is 19.7 Å². The predicted octanol–water partition coefficient (Wildman–Crippen LogP) is 4.63. The maximum atomic E-state index is 10.6. The number of hydrogen-bond donors (Lipinski definition) is 2. The van der Waals surface area contributed by atoms with Crippen LogP contribution in [-0.2, 0) is 23.1 Å². The normalized spacial score (nSPS) is 23.0. The molecule has 198 valence electrons. The molecule has 0 amide bonds. The maximum Gasteiger partial charge on any atom is 0.227 e. The zero-order chi connectivity index (χ0) is 26.7. The molecule has 8 nitrogen and oxygen atoms in total. The molecule has 10 heteroatoms. The largest absolute Gasteiger partial charge is 0.445 e. The molecule has 2 N–H and O–H groups in total. The third-order valence-corrected chi connectivity index (χ3v) is 8.19. The van der Waals surface area contributed by atoms with Gasteiger partial charge in [0.05, 0.1) is 40.1 Å². The van der Waals surface area contributed by atoms with Crippen molar-refractivity contribution in [2.24, 2.45) is 12.0 Å². The van der Waals surface area contributed by atoms with Gasteiger partial charge in [0.25, 0.3) is 0 Å². The molecule has 0 bridgehead atoms. The summed E-state index contributed by atoms with van der Waals surface area (Å²) in [5.41, 5.74) is 7.00. The van der Waals surface area contributed by atoms with Crippen LogP contribution in [0.4, 0.5) is 0 Å². The Kier molecular flexibility index (Phi) is 6.48. The van der Waals surface area contributed by atoms with Crippen molar-refractivity contribution in [3.8, 4) is 11.1 Å². The van der Waals surface area contributed by atoms with Crippen molar-refractivity contribution >= 4 is 40.0 Å². The van der Waals surface area contributed by atoms with Gasteiger partial charge in [0.15, 0.2) is 0 Å². The summed E-state index contributed by atoms with van der Waals surface area (Å²) < 4.78 is 16.0. The third-order valence-electron chi connectivity index (χ3n) is 7.45. The lowest BCUT2D eigenvalue weighted by atomic mass is 10.0. The third kappa shape index (κ3) is 4.30. The highest BCUT2D eigenvalue weighted by molar-refractivity contribution is 6.42. The van der Waals surface area contributed by atoms with E-state index in [0.717, 1.165) is 44.5 Å². The Labute approximate surface area is 230 Å². The van der Waals surface area contributed by atoms with E-state index in [1.54, 1.807) is 6.07 Å². The number of benzene rings is 2. The van der Waals surface area contributed by atoms with Gasteiger partial charge in [-0.15, -0.1) is 0 Å². The van der Waals surface area contributed by atoms with E-state index in [2.05, 4.69) is 34.8 Å². The quantitative estimate of drug-likeness (QED) is 0.375. The van der Waals surface area contributed by atoms with Crippen molar-refractivity contribution in [1.82, 2.24) is 14.3 Å². The lowest BCUT2D eigenvalue weighted by Gasteiger charge is -2.32. The number of halogens is 2. The van der Waals surface area contributed by atoms with Crippen molar-refractivity contribution in [2.45, 2.75) is 51.4 Å². The zero-order valence-electron chi connectivity index (χ0n) is 21.2. The number of aliphatic hydroxyl groups is 2. The molecule has 0 spiro atoms. The second-order valence-electron chi connectivity index (χ2n) is 9.98. The van der Waals surface area contributed by atoms with Crippen LogP contribution in [0.5, 0.6) is 0 Å². The molecule has 1 saturated heterocycles. The van der Waals surface area contributed by atoms with E-state index in [4.69, 9.17) is 37.7 Å². The summed E-state index contributed by atoms with van der Waals surface area (Å²) in [4.78, 5) is 4.71. The number of aliphatic hydroxyl groups excluding tert-OH is 2. The minimum absolute atomic E-state index is 0.183. The van der Waals surface area contributed by atoms with Crippen molar-refractivity contribution in [3.05, 3.63) is 75.2 Å². The number of nitrogens with zero attached hydrogens (tertiary/aromatic N) is 4. The molecule has 4 heterocycles. The molecule has 6 rings (SSSR count). The van der Waals surface area contributed by atoms with Crippen molar-refractivity contribution in [2.75, 3.05) is 6.61 Å². The molecule has 2 aromatic carbocycles. The van der Waals surface area contributed by atoms with Gasteiger partial charge >= 0.3 is 0 Å². The van der Waals surface area contributed by atoms with Crippen LogP contribution in [0.3, 0.4) is 0 Å². The Balaban J connectivity index is 1.46. The molecule has 4 atom stereocenters. The first-order valence-corrected chi connectivity index (χ1v) is 13.3.